The number of methoxy groups -OCH3 is 1. The maximum atomic E-state index is 11.0. The first-order valence-electron chi connectivity index (χ1n) is 4.34. The van der Waals surface area contributed by atoms with Crippen LogP contribution in [-0.4, -0.2) is 49.7 Å². The minimum atomic E-state index is -1.56. The first kappa shape index (κ1) is 13.4. The van der Waals surface area contributed by atoms with Crippen molar-refractivity contribution in [1.29, 1.82) is 0 Å². The third-order valence-corrected chi connectivity index (χ3v) is 1.46. The number of carboxylic acid groups (broad SMARTS) is 1. The van der Waals surface area contributed by atoms with Gasteiger partial charge in [-0.2, -0.15) is 0 Å². The second-order valence-electron chi connectivity index (χ2n) is 2.65. The van der Waals surface area contributed by atoms with E-state index < -0.39 is 11.9 Å². The lowest BCUT2D eigenvalue weighted by molar-refractivity contribution is -0.150. The molecule has 0 aliphatic carbocycles. The van der Waals surface area contributed by atoms with Crippen LogP contribution in [0.3, 0.4) is 0 Å². The molecular formula is C8H14N2O5. The average molecular weight is 218 g/mol. The van der Waals surface area contributed by atoms with Gasteiger partial charge in [0.05, 0.1) is 6.61 Å². The maximum Gasteiger partial charge on any atom is 0.394 e. The lowest BCUT2D eigenvalue weighted by Gasteiger charge is -2.04. The Morgan fingerprint density at radius 3 is 2.40 bits per heavy atom. The zero-order chi connectivity index (χ0) is 11.7. The summed E-state index contributed by atoms with van der Waals surface area (Å²) >= 11 is 0. The molecule has 15 heavy (non-hydrogen) atoms. The summed E-state index contributed by atoms with van der Waals surface area (Å²) in [5.41, 5.74) is 0. The first-order chi connectivity index (χ1) is 7.07. The van der Waals surface area contributed by atoms with Crippen LogP contribution < -0.4 is 10.6 Å². The molecule has 0 aliphatic rings. The third-order valence-electron chi connectivity index (χ3n) is 1.46. The molecule has 0 radical (unpaired) electrons. The van der Waals surface area contributed by atoms with Gasteiger partial charge in [0.2, 0.25) is 5.91 Å². The highest BCUT2D eigenvalue weighted by Gasteiger charge is 2.10. The van der Waals surface area contributed by atoms with Crippen molar-refractivity contribution in [1.82, 2.24) is 10.6 Å². The molecule has 0 saturated heterocycles. The molecule has 0 aromatic heterocycles. The van der Waals surface area contributed by atoms with Gasteiger partial charge in [-0.1, -0.05) is 0 Å². The molecule has 0 saturated carbocycles. The summed E-state index contributed by atoms with van der Waals surface area (Å²) in [7, 11) is 1.51. The van der Waals surface area contributed by atoms with E-state index in [1.54, 1.807) is 0 Å². The molecule has 7 heteroatoms. The highest BCUT2D eigenvalue weighted by atomic mass is 16.5. The van der Waals surface area contributed by atoms with Gasteiger partial charge in [0.25, 0.3) is 0 Å². The van der Waals surface area contributed by atoms with Crippen LogP contribution in [0.25, 0.3) is 0 Å². The number of amides is 2. The van der Waals surface area contributed by atoms with Crippen molar-refractivity contribution >= 4 is 17.8 Å². The fraction of sp³-hybridized carbons (Fsp3) is 0.625. The molecule has 0 aromatic carbocycles. The number of hydrogen-bond donors (Lipinski definition) is 3. The molecule has 7 nitrogen and oxygen atoms in total. The molecule has 0 unspecified atom stereocenters. The summed E-state index contributed by atoms with van der Waals surface area (Å²) in [6, 6.07) is 0. The summed E-state index contributed by atoms with van der Waals surface area (Å²) < 4.78 is 4.70. The molecule has 0 bridgehead atoms. The van der Waals surface area contributed by atoms with Crippen molar-refractivity contribution in [2.75, 3.05) is 26.8 Å². The zero-order valence-corrected chi connectivity index (χ0v) is 8.41. The number of hydrogen-bond acceptors (Lipinski definition) is 4. The summed E-state index contributed by atoms with van der Waals surface area (Å²) in [6.45, 7) is 0.805. The number of rotatable bonds is 6. The van der Waals surface area contributed by atoms with Crippen LogP contribution in [0.5, 0.6) is 0 Å². The predicted octanol–water partition coefficient (Wildman–Crippen LogP) is -1.66. The predicted molar refractivity (Wildman–Crippen MR) is 50.1 cm³/mol. The topological polar surface area (TPSA) is 105 Å². The number of nitrogens with one attached hydrogen (secondary N) is 2. The van der Waals surface area contributed by atoms with E-state index in [-0.39, 0.29) is 18.9 Å². The van der Waals surface area contributed by atoms with Crippen LogP contribution in [0.1, 0.15) is 6.42 Å². The zero-order valence-electron chi connectivity index (χ0n) is 8.41. The fourth-order valence-corrected chi connectivity index (χ4v) is 0.746. The van der Waals surface area contributed by atoms with E-state index in [0.29, 0.717) is 13.2 Å². The Kier molecular flexibility index (Phi) is 6.90. The van der Waals surface area contributed by atoms with Gasteiger partial charge in [0, 0.05) is 26.6 Å². The van der Waals surface area contributed by atoms with Crippen LogP contribution in [-0.2, 0) is 19.1 Å². The Balaban J connectivity index is 3.47. The van der Waals surface area contributed by atoms with E-state index in [2.05, 4.69) is 10.6 Å². The molecule has 0 atom stereocenters. The van der Waals surface area contributed by atoms with Gasteiger partial charge in [-0.15, -0.1) is 0 Å². The minimum Gasteiger partial charge on any atom is -0.474 e. The monoisotopic (exact) mass is 218 g/mol. The van der Waals surface area contributed by atoms with Crippen LogP contribution in [0, 0.1) is 0 Å². The van der Waals surface area contributed by atoms with E-state index in [1.165, 1.54) is 7.11 Å². The van der Waals surface area contributed by atoms with Crippen molar-refractivity contribution < 1.29 is 24.2 Å². The molecule has 2 amide bonds. The van der Waals surface area contributed by atoms with Crippen LogP contribution >= 0.6 is 0 Å². The molecule has 0 aromatic rings. The molecule has 0 rings (SSSR count). The molecular weight excluding hydrogens is 204 g/mol. The maximum absolute atomic E-state index is 11.0. The molecule has 3 N–H and O–H groups in total. The largest absolute Gasteiger partial charge is 0.474 e. The van der Waals surface area contributed by atoms with E-state index in [0.717, 1.165) is 0 Å². The van der Waals surface area contributed by atoms with E-state index >= 15 is 0 Å². The summed E-state index contributed by atoms with van der Waals surface area (Å²) in [4.78, 5) is 31.6. The van der Waals surface area contributed by atoms with Gasteiger partial charge in [-0.25, -0.2) is 4.79 Å². The number of carboxylic acids is 1. The molecule has 0 spiro atoms. The number of carbonyl (C=O) groups is 3. The van der Waals surface area contributed by atoms with Gasteiger partial charge >= 0.3 is 11.9 Å². The molecule has 0 aliphatic heterocycles. The molecule has 86 valence electrons. The molecule has 0 fully saturated rings. The second-order valence-corrected chi connectivity index (χ2v) is 2.65. The third kappa shape index (κ3) is 7.44. The fourth-order valence-electron chi connectivity index (χ4n) is 0.746. The van der Waals surface area contributed by atoms with Gasteiger partial charge in [0.15, 0.2) is 0 Å². The van der Waals surface area contributed by atoms with Crippen molar-refractivity contribution in [3.05, 3.63) is 0 Å². The van der Waals surface area contributed by atoms with E-state index in [4.69, 9.17) is 9.84 Å². The van der Waals surface area contributed by atoms with Gasteiger partial charge in [0.1, 0.15) is 0 Å². The first-order valence-corrected chi connectivity index (χ1v) is 4.34. The van der Waals surface area contributed by atoms with Crippen molar-refractivity contribution in [3.8, 4) is 0 Å². The lowest BCUT2D eigenvalue weighted by Crippen LogP contribution is -2.35. The number of aliphatic carboxylic acids is 1. The number of carbonyl (C=O) groups excluding carboxylic acids is 2. The van der Waals surface area contributed by atoms with Crippen LogP contribution in [0.15, 0.2) is 0 Å². The Morgan fingerprint density at radius 1 is 1.20 bits per heavy atom. The number of ether oxygens (including phenoxy) is 1. The highest BCUT2D eigenvalue weighted by Crippen LogP contribution is 1.78. The summed E-state index contributed by atoms with van der Waals surface area (Å²) in [5, 5.41) is 12.8. The normalized spacial score (nSPS) is 9.40. The second kappa shape index (κ2) is 7.74. The Labute approximate surface area is 86.8 Å². The van der Waals surface area contributed by atoms with Crippen molar-refractivity contribution in [2.45, 2.75) is 6.42 Å². The standard InChI is InChI=1S/C8H14N2O5/c1-15-5-4-9-6(11)2-3-10-7(12)8(13)14/h2-5H2,1H3,(H,9,11)(H,10,12)(H,13,14). The van der Waals surface area contributed by atoms with Crippen molar-refractivity contribution in [3.63, 3.8) is 0 Å². The molecule has 0 heterocycles. The van der Waals surface area contributed by atoms with Crippen LogP contribution in [0.4, 0.5) is 0 Å². The van der Waals surface area contributed by atoms with Gasteiger partial charge in [-0.05, 0) is 0 Å². The Bertz CT molecular complexity index is 241. The van der Waals surface area contributed by atoms with E-state index in [9.17, 15) is 14.4 Å². The lowest BCUT2D eigenvalue weighted by atomic mass is 10.4. The summed E-state index contributed by atoms with van der Waals surface area (Å²) in [6.07, 6.45) is 0.0444. The van der Waals surface area contributed by atoms with Gasteiger partial charge in [-0.3, -0.25) is 9.59 Å². The van der Waals surface area contributed by atoms with Gasteiger partial charge < -0.3 is 20.5 Å². The van der Waals surface area contributed by atoms with Crippen LogP contribution in [0.2, 0.25) is 0 Å². The summed E-state index contributed by atoms with van der Waals surface area (Å²) in [5.74, 6) is -2.94. The Hall–Kier alpha value is -1.63. The minimum absolute atomic E-state index is 0.00392. The average Bonchev–Trinajstić information content (AvgIpc) is 2.18. The Morgan fingerprint density at radius 2 is 1.87 bits per heavy atom. The smallest absolute Gasteiger partial charge is 0.394 e. The quantitative estimate of drug-likeness (QED) is 0.365. The van der Waals surface area contributed by atoms with Crippen molar-refractivity contribution in [2.24, 2.45) is 0 Å². The SMILES string of the molecule is COCCNC(=O)CCNC(=O)C(=O)O. The highest BCUT2D eigenvalue weighted by molar-refractivity contribution is 6.31. The van der Waals surface area contributed by atoms with E-state index in [1.807, 2.05) is 0 Å².